The number of halogens is 3. The molecule has 0 amide bonds. The number of benzene rings is 1. The summed E-state index contributed by atoms with van der Waals surface area (Å²) in [6, 6.07) is 4.45. The Labute approximate surface area is 101 Å². The third-order valence-corrected chi connectivity index (χ3v) is 1.93. The van der Waals surface area contributed by atoms with Crippen LogP contribution >= 0.6 is 28.3 Å². The topological polar surface area (TPSA) is 76.8 Å². The largest absolute Gasteiger partial charge is 0.369 e. The van der Waals surface area contributed by atoms with Crippen LogP contribution in [0.4, 0.5) is 4.39 Å². The van der Waals surface area contributed by atoms with Crippen molar-refractivity contribution >= 4 is 40.5 Å². The van der Waals surface area contributed by atoms with Gasteiger partial charge in [-0.05, 0) is 33.6 Å². The lowest BCUT2D eigenvalue weighted by molar-refractivity contribution is 0.621. The second kappa shape index (κ2) is 6.36. The fourth-order valence-corrected chi connectivity index (χ4v) is 1.15. The van der Waals surface area contributed by atoms with E-state index in [9.17, 15) is 4.39 Å². The van der Waals surface area contributed by atoms with Crippen molar-refractivity contribution in [1.82, 2.24) is 0 Å². The molecular formula is C8H9BrClFN4. The molecule has 0 aliphatic carbocycles. The first-order valence-electron chi connectivity index (χ1n) is 3.66. The number of hydrogen-bond acceptors (Lipinski definition) is 2. The van der Waals surface area contributed by atoms with Gasteiger partial charge in [-0.3, -0.25) is 0 Å². The van der Waals surface area contributed by atoms with Gasteiger partial charge in [0, 0.05) is 0 Å². The van der Waals surface area contributed by atoms with Crippen LogP contribution in [-0.4, -0.2) is 12.2 Å². The van der Waals surface area contributed by atoms with Gasteiger partial charge in [-0.25, -0.2) is 4.39 Å². The first kappa shape index (κ1) is 13.9. The van der Waals surface area contributed by atoms with Gasteiger partial charge in [-0.2, -0.15) is 5.10 Å². The van der Waals surface area contributed by atoms with Gasteiger partial charge < -0.3 is 11.5 Å². The van der Waals surface area contributed by atoms with E-state index in [1.54, 1.807) is 12.1 Å². The summed E-state index contributed by atoms with van der Waals surface area (Å²) in [6.45, 7) is 0. The smallest absolute Gasteiger partial charge is 0.211 e. The molecule has 0 aromatic heterocycles. The highest BCUT2D eigenvalue weighted by atomic mass is 79.9. The SMILES string of the molecule is Cl.NC(N)=N/N=C/c1ccc(F)c(Br)c1. The van der Waals surface area contributed by atoms with E-state index in [4.69, 9.17) is 11.5 Å². The minimum absolute atomic E-state index is 0. The molecule has 1 aromatic rings. The maximum absolute atomic E-state index is 12.8. The van der Waals surface area contributed by atoms with Crippen molar-refractivity contribution in [3.63, 3.8) is 0 Å². The average molecular weight is 296 g/mol. The predicted molar refractivity (Wildman–Crippen MR) is 64.8 cm³/mol. The van der Waals surface area contributed by atoms with Gasteiger partial charge in [0.05, 0.1) is 10.7 Å². The number of nitrogens with two attached hydrogens (primary N) is 2. The molecule has 4 nitrogen and oxygen atoms in total. The predicted octanol–water partition coefficient (Wildman–Crippen LogP) is 1.62. The first-order valence-corrected chi connectivity index (χ1v) is 4.46. The molecular weight excluding hydrogens is 286 g/mol. The Morgan fingerprint density at radius 2 is 2.07 bits per heavy atom. The van der Waals surface area contributed by atoms with E-state index in [0.29, 0.717) is 10.0 Å². The molecule has 0 aliphatic rings. The summed E-state index contributed by atoms with van der Waals surface area (Å²) in [4.78, 5) is 0. The maximum Gasteiger partial charge on any atom is 0.211 e. The van der Waals surface area contributed by atoms with Gasteiger partial charge in [0.2, 0.25) is 5.96 Å². The van der Waals surface area contributed by atoms with Crippen molar-refractivity contribution in [3.05, 3.63) is 34.1 Å². The summed E-state index contributed by atoms with van der Waals surface area (Å²) in [6.07, 6.45) is 1.42. The minimum Gasteiger partial charge on any atom is -0.369 e. The van der Waals surface area contributed by atoms with Crippen LogP contribution in [-0.2, 0) is 0 Å². The Balaban J connectivity index is 0.00000196. The summed E-state index contributed by atoms with van der Waals surface area (Å²) < 4.78 is 13.2. The standard InChI is InChI=1S/C8H8BrFN4.ClH/c9-6-3-5(1-2-7(6)10)4-13-14-8(11)12;/h1-4H,(H4,11,12,14);1H/b13-4+;. The third-order valence-electron chi connectivity index (χ3n) is 1.32. The molecule has 0 heterocycles. The Kier molecular flexibility index (Phi) is 5.88. The van der Waals surface area contributed by atoms with Gasteiger partial charge in [0.15, 0.2) is 0 Å². The van der Waals surface area contributed by atoms with E-state index < -0.39 is 0 Å². The van der Waals surface area contributed by atoms with Gasteiger partial charge >= 0.3 is 0 Å². The third kappa shape index (κ3) is 4.75. The highest BCUT2D eigenvalue weighted by molar-refractivity contribution is 9.10. The van der Waals surface area contributed by atoms with E-state index in [1.807, 2.05) is 0 Å². The van der Waals surface area contributed by atoms with Gasteiger partial charge in [0.1, 0.15) is 5.82 Å². The zero-order valence-electron chi connectivity index (χ0n) is 7.52. The van der Waals surface area contributed by atoms with Crippen molar-refractivity contribution in [2.45, 2.75) is 0 Å². The molecule has 0 spiro atoms. The summed E-state index contributed by atoms with van der Waals surface area (Å²) in [5.41, 5.74) is 10.8. The molecule has 0 saturated carbocycles. The summed E-state index contributed by atoms with van der Waals surface area (Å²) >= 11 is 3.05. The first-order chi connectivity index (χ1) is 6.59. The second-order valence-electron chi connectivity index (χ2n) is 2.44. The quantitative estimate of drug-likeness (QED) is 0.494. The molecule has 0 aliphatic heterocycles. The van der Waals surface area contributed by atoms with E-state index >= 15 is 0 Å². The molecule has 0 radical (unpaired) electrons. The summed E-state index contributed by atoms with van der Waals surface area (Å²) in [5, 5.41) is 6.99. The average Bonchev–Trinajstić information content (AvgIpc) is 2.10. The highest BCUT2D eigenvalue weighted by Crippen LogP contribution is 2.15. The number of rotatable bonds is 2. The molecule has 4 N–H and O–H groups in total. The van der Waals surface area contributed by atoms with Crippen LogP contribution in [0.5, 0.6) is 0 Å². The molecule has 7 heteroatoms. The van der Waals surface area contributed by atoms with Crippen molar-refractivity contribution in [2.75, 3.05) is 0 Å². The van der Waals surface area contributed by atoms with Crippen LogP contribution in [0.2, 0.25) is 0 Å². The van der Waals surface area contributed by atoms with Crippen LogP contribution in [0.25, 0.3) is 0 Å². The fraction of sp³-hybridized carbons (Fsp3) is 0. The zero-order chi connectivity index (χ0) is 10.6. The summed E-state index contributed by atoms with van der Waals surface area (Å²) in [5.74, 6) is -0.452. The van der Waals surface area contributed by atoms with Crippen molar-refractivity contribution in [3.8, 4) is 0 Å². The normalized spacial score (nSPS) is 9.73. The molecule has 15 heavy (non-hydrogen) atoms. The van der Waals surface area contributed by atoms with Gasteiger partial charge in [-0.15, -0.1) is 17.5 Å². The van der Waals surface area contributed by atoms with E-state index in [2.05, 4.69) is 26.1 Å². The minimum atomic E-state index is -0.330. The Bertz CT molecular complexity index is 390. The number of hydrogen-bond donors (Lipinski definition) is 2. The molecule has 0 bridgehead atoms. The molecule has 0 fully saturated rings. The fourth-order valence-electron chi connectivity index (χ4n) is 0.755. The molecule has 0 unspecified atom stereocenters. The molecule has 1 rings (SSSR count). The maximum atomic E-state index is 12.8. The number of nitrogens with zero attached hydrogens (tertiary/aromatic N) is 2. The lowest BCUT2D eigenvalue weighted by Crippen LogP contribution is -2.21. The van der Waals surface area contributed by atoms with Crippen LogP contribution in [0.1, 0.15) is 5.56 Å². The highest BCUT2D eigenvalue weighted by Gasteiger charge is 1.97. The Morgan fingerprint density at radius 1 is 1.40 bits per heavy atom. The lowest BCUT2D eigenvalue weighted by atomic mass is 10.2. The Hall–Kier alpha value is -1.14. The van der Waals surface area contributed by atoms with Gasteiger partial charge in [-0.1, -0.05) is 6.07 Å². The lowest BCUT2D eigenvalue weighted by Gasteiger charge is -1.94. The summed E-state index contributed by atoms with van der Waals surface area (Å²) in [7, 11) is 0. The van der Waals surface area contributed by atoms with Crippen molar-refractivity contribution in [2.24, 2.45) is 21.7 Å². The van der Waals surface area contributed by atoms with Crippen LogP contribution in [0.15, 0.2) is 32.9 Å². The van der Waals surface area contributed by atoms with Crippen LogP contribution in [0.3, 0.4) is 0 Å². The molecule has 82 valence electrons. The van der Waals surface area contributed by atoms with Crippen molar-refractivity contribution in [1.29, 1.82) is 0 Å². The van der Waals surface area contributed by atoms with Crippen LogP contribution in [0, 0.1) is 5.82 Å². The van der Waals surface area contributed by atoms with Gasteiger partial charge in [0.25, 0.3) is 0 Å². The molecule has 0 saturated heterocycles. The zero-order valence-corrected chi connectivity index (χ0v) is 9.93. The Morgan fingerprint density at radius 3 is 2.60 bits per heavy atom. The second-order valence-corrected chi connectivity index (χ2v) is 3.30. The molecule has 1 aromatic carbocycles. The van der Waals surface area contributed by atoms with Crippen molar-refractivity contribution < 1.29 is 4.39 Å². The monoisotopic (exact) mass is 294 g/mol. The van der Waals surface area contributed by atoms with E-state index in [1.165, 1.54) is 12.3 Å². The molecule has 0 atom stereocenters. The van der Waals surface area contributed by atoms with E-state index in [0.717, 1.165) is 0 Å². The van der Waals surface area contributed by atoms with E-state index in [-0.39, 0.29) is 24.2 Å². The number of guanidine groups is 1. The van der Waals surface area contributed by atoms with Crippen LogP contribution < -0.4 is 11.5 Å².